The predicted molar refractivity (Wildman–Crippen MR) is 91.2 cm³/mol. The normalized spacial score (nSPS) is 17.2. The van der Waals surface area contributed by atoms with E-state index in [1.54, 1.807) is 42.2 Å². The van der Waals surface area contributed by atoms with Crippen molar-refractivity contribution in [1.29, 1.82) is 0 Å². The number of amides is 2. The molecule has 0 unspecified atom stereocenters. The Morgan fingerprint density at radius 2 is 2.17 bits per heavy atom. The molecule has 4 heterocycles. The van der Waals surface area contributed by atoms with Crippen LogP contribution in [0, 0.1) is 0 Å². The second kappa shape index (κ2) is 6.40. The van der Waals surface area contributed by atoms with Gasteiger partial charge in [-0.25, -0.2) is 19.4 Å². The molecule has 1 aliphatic heterocycles. The van der Waals surface area contributed by atoms with Gasteiger partial charge >= 0.3 is 6.03 Å². The third kappa shape index (κ3) is 2.88. The number of urea groups is 1. The van der Waals surface area contributed by atoms with Gasteiger partial charge in [0.05, 0.1) is 24.1 Å². The maximum absolute atomic E-state index is 12.6. The molecule has 3 aromatic heterocycles. The summed E-state index contributed by atoms with van der Waals surface area (Å²) in [7, 11) is 0. The highest BCUT2D eigenvalue weighted by atomic mass is 32.1. The van der Waals surface area contributed by atoms with Gasteiger partial charge in [-0.2, -0.15) is 5.10 Å². The number of hydrogen-bond donors (Lipinski definition) is 1. The van der Waals surface area contributed by atoms with Crippen molar-refractivity contribution in [2.75, 3.05) is 11.9 Å². The van der Waals surface area contributed by atoms with E-state index < -0.39 is 0 Å². The summed E-state index contributed by atoms with van der Waals surface area (Å²) in [5.41, 5.74) is 0.629. The Bertz CT molecular complexity index is 816. The Morgan fingerprint density at radius 1 is 1.29 bits per heavy atom. The van der Waals surface area contributed by atoms with Crippen molar-refractivity contribution < 1.29 is 4.79 Å². The fraction of sp³-hybridized carbons (Fsp3) is 0.250. The monoisotopic (exact) mass is 340 g/mol. The summed E-state index contributed by atoms with van der Waals surface area (Å²) in [4.78, 5) is 24.0. The SMILES string of the molecule is O=C(Nc1cnn(-c2ncccn2)c1)N1CCC[C@H]1c1cccs1. The number of rotatable bonds is 3. The highest BCUT2D eigenvalue weighted by Gasteiger charge is 2.30. The Morgan fingerprint density at radius 3 is 2.96 bits per heavy atom. The maximum atomic E-state index is 12.6. The minimum atomic E-state index is -0.0977. The van der Waals surface area contributed by atoms with E-state index in [1.165, 1.54) is 9.56 Å². The summed E-state index contributed by atoms with van der Waals surface area (Å²) in [6.45, 7) is 0.768. The average Bonchev–Trinajstić information content (AvgIpc) is 3.36. The second-order valence-electron chi connectivity index (χ2n) is 5.52. The number of carbonyl (C=O) groups is 1. The van der Waals surface area contributed by atoms with Gasteiger partial charge in [0.1, 0.15) is 0 Å². The van der Waals surface area contributed by atoms with Crippen LogP contribution in [0.4, 0.5) is 10.5 Å². The van der Waals surface area contributed by atoms with E-state index in [-0.39, 0.29) is 12.1 Å². The summed E-state index contributed by atoms with van der Waals surface area (Å²) in [5, 5.41) is 9.16. The van der Waals surface area contributed by atoms with Crippen molar-refractivity contribution in [1.82, 2.24) is 24.6 Å². The molecule has 1 aliphatic rings. The molecule has 8 heteroatoms. The molecule has 4 rings (SSSR count). The zero-order chi connectivity index (χ0) is 16.4. The molecule has 1 saturated heterocycles. The van der Waals surface area contributed by atoms with Gasteiger partial charge in [0.15, 0.2) is 0 Å². The molecule has 24 heavy (non-hydrogen) atoms. The molecule has 0 radical (unpaired) electrons. The van der Waals surface area contributed by atoms with E-state index in [0.29, 0.717) is 11.6 Å². The van der Waals surface area contributed by atoms with Crippen LogP contribution in [0.1, 0.15) is 23.8 Å². The second-order valence-corrected chi connectivity index (χ2v) is 6.50. The summed E-state index contributed by atoms with van der Waals surface area (Å²) in [6.07, 6.45) is 8.64. The summed E-state index contributed by atoms with van der Waals surface area (Å²) >= 11 is 1.69. The van der Waals surface area contributed by atoms with Crippen molar-refractivity contribution in [2.24, 2.45) is 0 Å². The standard InChI is InChI=1S/C16H16N6OS/c23-16(21-8-1-4-13(21)14-5-2-9-24-14)20-12-10-19-22(11-12)15-17-6-3-7-18-15/h2-3,5-7,9-11,13H,1,4,8H2,(H,20,23)/t13-/m0/s1. The summed E-state index contributed by atoms with van der Waals surface area (Å²) < 4.78 is 1.54. The summed E-state index contributed by atoms with van der Waals surface area (Å²) in [5.74, 6) is 0.468. The molecule has 122 valence electrons. The number of nitrogens with one attached hydrogen (secondary N) is 1. The van der Waals surface area contributed by atoms with Gasteiger partial charge in [-0.05, 0) is 30.4 Å². The van der Waals surface area contributed by atoms with Crippen molar-refractivity contribution in [3.05, 3.63) is 53.2 Å². The lowest BCUT2D eigenvalue weighted by Crippen LogP contribution is -2.34. The van der Waals surface area contributed by atoms with Crippen LogP contribution in [-0.4, -0.2) is 37.2 Å². The number of thiophene rings is 1. The van der Waals surface area contributed by atoms with Crippen LogP contribution < -0.4 is 5.32 Å². The van der Waals surface area contributed by atoms with Crippen LogP contribution in [0.2, 0.25) is 0 Å². The van der Waals surface area contributed by atoms with Gasteiger partial charge < -0.3 is 10.2 Å². The maximum Gasteiger partial charge on any atom is 0.322 e. The first kappa shape index (κ1) is 14.8. The van der Waals surface area contributed by atoms with E-state index in [4.69, 9.17) is 0 Å². The van der Waals surface area contributed by atoms with Gasteiger partial charge in [0.25, 0.3) is 0 Å². The molecule has 0 bridgehead atoms. The molecule has 0 aliphatic carbocycles. The number of nitrogens with zero attached hydrogens (tertiary/aromatic N) is 5. The molecule has 3 aromatic rings. The molecular weight excluding hydrogens is 324 g/mol. The number of carbonyl (C=O) groups excluding carboxylic acids is 1. The number of aromatic nitrogens is 4. The Balaban J connectivity index is 1.47. The zero-order valence-corrected chi connectivity index (χ0v) is 13.7. The lowest BCUT2D eigenvalue weighted by molar-refractivity contribution is 0.208. The van der Waals surface area contributed by atoms with Crippen LogP contribution in [0.3, 0.4) is 0 Å². The van der Waals surface area contributed by atoms with Gasteiger partial charge in [0.2, 0.25) is 5.95 Å². The first-order valence-corrected chi connectivity index (χ1v) is 8.62. The Kier molecular flexibility index (Phi) is 3.96. The van der Waals surface area contributed by atoms with E-state index in [9.17, 15) is 4.79 Å². The van der Waals surface area contributed by atoms with Gasteiger partial charge in [0, 0.05) is 23.8 Å². The molecule has 1 fully saturated rings. The van der Waals surface area contributed by atoms with Crippen LogP contribution in [-0.2, 0) is 0 Å². The van der Waals surface area contributed by atoms with Crippen LogP contribution >= 0.6 is 11.3 Å². The smallest absolute Gasteiger partial charge is 0.317 e. The fourth-order valence-electron chi connectivity index (χ4n) is 2.89. The molecule has 0 spiro atoms. The van der Waals surface area contributed by atoms with Crippen LogP contribution in [0.15, 0.2) is 48.4 Å². The zero-order valence-electron chi connectivity index (χ0n) is 12.9. The molecule has 2 amide bonds. The quantitative estimate of drug-likeness (QED) is 0.795. The molecule has 1 N–H and O–H groups in total. The van der Waals surface area contributed by atoms with Crippen LogP contribution in [0.5, 0.6) is 0 Å². The van der Waals surface area contributed by atoms with Gasteiger partial charge in [-0.3, -0.25) is 0 Å². The minimum absolute atomic E-state index is 0.0977. The topological polar surface area (TPSA) is 75.9 Å². The lowest BCUT2D eigenvalue weighted by Gasteiger charge is -2.23. The first-order valence-electron chi connectivity index (χ1n) is 7.74. The lowest BCUT2D eigenvalue weighted by atomic mass is 10.2. The van der Waals surface area contributed by atoms with E-state index in [1.807, 2.05) is 16.3 Å². The number of hydrogen-bond acceptors (Lipinski definition) is 5. The Hall–Kier alpha value is -2.74. The van der Waals surface area contributed by atoms with E-state index in [0.717, 1.165) is 19.4 Å². The third-order valence-electron chi connectivity index (χ3n) is 3.98. The molecule has 7 nitrogen and oxygen atoms in total. The fourth-order valence-corrected chi connectivity index (χ4v) is 3.76. The first-order chi connectivity index (χ1) is 11.8. The van der Waals surface area contributed by atoms with Crippen molar-refractivity contribution in [3.63, 3.8) is 0 Å². The number of likely N-dealkylation sites (tertiary alicyclic amines) is 1. The van der Waals surface area contributed by atoms with E-state index in [2.05, 4.69) is 26.4 Å². The van der Waals surface area contributed by atoms with Gasteiger partial charge in [-0.15, -0.1) is 11.3 Å². The molecule has 1 atom stereocenters. The summed E-state index contributed by atoms with van der Waals surface area (Å²) in [6, 6.07) is 5.93. The van der Waals surface area contributed by atoms with Crippen molar-refractivity contribution in [3.8, 4) is 5.95 Å². The molecular formula is C16H16N6OS. The van der Waals surface area contributed by atoms with Gasteiger partial charge in [-0.1, -0.05) is 6.07 Å². The highest BCUT2D eigenvalue weighted by molar-refractivity contribution is 7.10. The predicted octanol–water partition coefficient (Wildman–Crippen LogP) is 3.09. The average molecular weight is 340 g/mol. The molecule has 0 saturated carbocycles. The van der Waals surface area contributed by atoms with Crippen molar-refractivity contribution >= 4 is 23.1 Å². The minimum Gasteiger partial charge on any atom is -0.317 e. The third-order valence-corrected chi connectivity index (χ3v) is 4.95. The Labute approximate surface area is 143 Å². The van der Waals surface area contributed by atoms with Crippen molar-refractivity contribution in [2.45, 2.75) is 18.9 Å². The highest BCUT2D eigenvalue weighted by Crippen LogP contribution is 2.34. The number of anilines is 1. The molecule has 0 aromatic carbocycles. The van der Waals surface area contributed by atoms with Crippen LogP contribution in [0.25, 0.3) is 5.95 Å². The largest absolute Gasteiger partial charge is 0.322 e. The van der Waals surface area contributed by atoms with E-state index >= 15 is 0 Å².